The van der Waals surface area contributed by atoms with Crippen molar-refractivity contribution in [3.05, 3.63) is 87.6 Å². The van der Waals surface area contributed by atoms with Gasteiger partial charge in [0.1, 0.15) is 11.1 Å². The first-order valence-corrected chi connectivity index (χ1v) is 6.71. The van der Waals surface area contributed by atoms with E-state index < -0.39 is 5.54 Å². The molecule has 4 nitrogen and oxygen atoms in total. The maximum Gasteiger partial charge on any atom is 0.238 e. The first kappa shape index (κ1) is 10.9. The fourth-order valence-electron chi connectivity index (χ4n) is 3.77. The molecule has 2 bridgehead atoms. The van der Waals surface area contributed by atoms with Crippen LogP contribution < -0.4 is 0 Å². The Morgan fingerprint density at radius 1 is 1.00 bits per heavy atom. The third-order valence-electron chi connectivity index (χ3n) is 4.66. The second kappa shape index (κ2) is 3.06. The third-order valence-corrected chi connectivity index (χ3v) is 4.66. The molecule has 5 rings (SSSR count). The van der Waals surface area contributed by atoms with E-state index in [1.54, 1.807) is 36.4 Å². The van der Waals surface area contributed by atoms with Gasteiger partial charge in [0.25, 0.3) is 0 Å². The molecule has 0 saturated heterocycles. The molecule has 3 aliphatic carbocycles. The van der Waals surface area contributed by atoms with Crippen LogP contribution in [0.15, 0.2) is 71.0 Å². The normalized spacial score (nSPS) is 27.7. The summed E-state index contributed by atoms with van der Waals surface area (Å²) in [6.45, 7) is 0. The van der Waals surface area contributed by atoms with Crippen molar-refractivity contribution in [2.45, 2.75) is 5.54 Å². The molecule has 0 spiro atoms. The van der Waals surface area contributed by atoms with Crippen LogP contribution >= 0.6 is 0 Å². The topological polar surface area (TPSA) is 59.5 Å². The second-order valence-corrected chi connectivity index (χ2v) is 5.51. The first-order chi connectivity index (χ1) is 10.2. The summed E-state index contributed by atoms with van der Waals surface area (Å²) in [7, 11) is 0. The van der Waals surface area contributed by atoms with Crippen LogP contribution in [0.5, 0.6) is 0 Å². The lowest BCUT2D eigenvalue weighted by Gasteiger charge is -2.35. The van der Waals surface area contributed by atoms with Gasteiger partial charge in [-0.3, -0.25) is 14.3 Å². The number of nitrogens with zero attached hydrogens (tertiary/aromatic N) is 2. The minimum Gasteiger partial charge on any atom is -0.499 e. The number of ketones is 2. The van der Waals surface area contributed by atoms with Crippen LogP contribution in [0.3, 0.4) is 0 Å². The standard InChI is InChI=1S/C17H8N2O2/c18-19-14-11-7-3-4-8-17(11,19)13-12(14)15(20)9-5-1-2-6-10(9)16(13)21/h1-8H. The van der Waals surface area contributed by atoms with Crippen LogP contribution in [0.4, 0.5) is 0 Å². The van der Waals surface area contributed by atoms with E-state index in [9.17, 15) is 15.1 Å². The van der Waals surface area contributed by atoms with Gasteiger partial charge in [-0.25, -0.2) is 0 Å². The first-order valence-electron chi connectivity index (χ1n) is 6.71. The van der Waals surface area contributed by atoms with Gasteiger partial charge in [0, 0.05) is 11.1 Å². The van der Waals surface area contributed by atoms with Gasteiger partial charge in [0.05, 0.1) is 5.57 Å². The Morgan fingerprint density at radius 3 is 2.48 bits per heavy atom. The average Bonchev–Trinajstić information content (AvgIpc) is 2.98. The van der Waals surface area contributed by atoms with Gasteiger partial charge in [-0.05, 0) is 12.2 Å². The van der Waals surface area contributed by atoms with Gasteiger partial charge in [-0.1, -0.05) is 36.4 Å². The molecule has 0 fully saturated rings. The van der Waals surface area contributed by atoms with E-state index in [4.69, 9.17) is 0 Å². The molecular formula is C17H8N2O2. The highest BCUT2D eigenvalue weighted by Crippen LogP contribution is 2.59. The third kappa shape index (κ3) is 0.895. The minimum atomic E-state index is -0.959. The van der Waals surface area contributed by atoms with Crippen molar-refractivity contribution in [2.75, 3.05) is 0 Å². The number of hydrogen-bond donors (Lipinski definition) is 0. The Labute approximate surface area is 119 Å². The van der Waals surface area contributed by atoms with E-state index in [0.29, 0.717) is 28.0 Å². The molecule has 0 radical (unpaired) electrons. The fraction of sp³-hybridized carbons (Fsp3) is 0.0588. The number of Topliss-reactive ketones (excluding diaryl/α,β-unsaturated/α-hetero) is 2. The molecule has 1 heterocycles. The van der Waals surface area contributed by atoms with Crippen molar-refractivity contribution in [1.29, 1.82) is 0 Å². The SMILES string of the molecule is [N-]=[N+]1C2=C3C=CC=CC31C1=C2C(=O)c2ccccc2C1=O. The maximum atomic E-state index is 12.8. The Kier molecular flexibility index (Phi) is 1.58. The number of fused-ring (bicyclic) bond motifs is 2. The molecule has 4 aliphatic rings. The summed E-state index contributed by atoms with van der Waals surface area (Å²) in [5.74, 6) is -0.362. The van der Waals surface area contributed by atoms with Crippen molar-refractivity contribution in [3.63, 3.8) is 0 Å². The highest BCUT2D eigenvalue weighted by Gasteiger charge is 2.69. The van der Waals surface area contributed by atoms with Gasteiger partial charge >= 0.3 is 0 Å². The van der Waals surface area contributed by atoms with Crippen LogP contribution in [0.2, 0.25) is 0 Å². The molecular weight excluding hydrogens is 264 g/mol. The van der Waals surface area contributed by atoms with Crippen molar-refractivity contribution in [1.82, 2.24) is 0 Å². The summed E-state index contributed by atoms with van der Waals surface area (Å²) in [6, 6.07) is 6.82. The molecule has 0 saturated carbocycles. The Balaban J connectivity index is 1.87. The van der Waals surface area contributed by atoms with E-state index in [1.165, 1.54) is 0 Å². The quantitative estimate of drug-likeness (QED) is 0.681. The van der Waals surface area contributed by atoms with Crippen LogP contribution in [-0.2, 0) is 0 Å². The highest BCUT2D eigenvalue weighted by molar-refractivity contribution is 6.31. The molecule has 0 N–H and O–H groups in total. The summed E-state index contributed by atoms with van der Waals surface area (Å²) in [5.41, 5.74) is 12.2. The van der Waals surface area contributed by atoms with E-state index in [1.807, 2.05) is 12.2 Å². The van der Waals surface area contributed by atoms with E-state index >= 15 is 0 Å². The van der Waals surface area contributed by atoms with Gasteiger partial charge in [-0.15, -0.1) is 0 Å². The number of allylic oxidation sites excluding steroid dienone is 3. The Morgan fingerprint density at radius 2 is 1.71 bits per heavy atom. The zero-order valence-electron chi connectivity index (χ0n) is 10.8. The molecule has 21 heavy (non-hydrogen) atoms. The number of benzene rings is 1. The van der Waals surface area contributed by atoms with Crippen molar-refractivity contribution < 1.29 is 14.3 Å². The largest absolute Gasteiger partial charge is 0.499 e. The molecule has 98 valence electrons. The zero-order valence-corrected chi connectivity index (χ0v) is 10.8. The lowest BCUT2D eigenvalue weighted by molar-refractivity contribution is -0.566. The summed E-state index contributed by atoms with van der Waals surface area (Å²) < 4.78 is 1.05. The smallest absolute Gasteiger partial charge is 0.238 e. The molecule has 4 heteroatoms. The van der Waals surface area contributed by atoms with Gasteiger partial charge in [0.2, 0.25) is 17.0 Å². The van der Waals surface area contributed by atoms with Crippen molar-refractivity contribution in [2.24, 2.45) is 0 Å². The monoisotopic (exact) mass is 272 g/mol. The molecule has 0 aromatic heterocycles. The number of rotatable bonds is 0. The van der Waals surface area contributed by atoms with Gasteiger partial charge < -0.3 is 5.53 Å². The Hall–Kier alpha value is -2.88. The second-order valence-electron chi connectivity index (χ2n) is 5.51. The summed E-state index contributed by atoms with van der Waals surface area (Å²) in [5, 5.41) is 0. The van der Waals surface area contributed by atoms with Crippen LogP contribution in [-0.4, -0.2) is 21.8 Å². The molecule has 1 atom stereocenters. The number of carbonyl (C=O) groups excluding carboxylic acids is 2. The predicted octanol–water partition coefficient (Wildman–Crippen LogP) is 2.54. The lowest BCUT2D eigenvalue weighted by Crippen LogP contribution is -2.47. The van der Waals surface area contributed by atoms with Crippen molar-refractivity contribution >= 4 is 11.6 Å². The fourth-order valence-corrected chi connectivity index (χ4v) is 3.77. The van der Waals surface area contributed by atoms with Crippen molar-refractivity contribution in [3.8, 4) is 0 Å². The van der Waals surface area contributed by atoms with Crippen LogP contribution in [0, 0.1) is 0 Å². The van der Waals surface area contributed by atoms with E-state index in [2.05, 4.69) is 0 Å². The molecule has 0 amide bonds. The summed E-state index contributed by atoms with van der Waals surface area (Å²) >= 11 is 0. The van der Waals surface area contributed by atoms with Crippen LogP contribution in [0.25, 0.3) is 5.53 Å². The zero-order chi connectivity index (χ0) is 14.4. The van der Waals surface area contributed by atoms with Crippen LogP contribution in [0.1, 0.15) is 20.7 Å². The van der Waals surface area contributed by atoms with E-state index in [0.717, 1.165) is 10.3 Å². The lowest BCUT2D eigenvalue weighted by atomic mass is 9.75. The van der Waals surface area contributed by atoms with Gasteiger partial charge in [-0.2, -0.15) is 0 Å². The number of carbonyl (C=O) groups is 2. The molecule has 1 aliphatic heterocycles. The highest BCUT2D eigenvalue weighted by atomic mass is 16.1. The molecule has 1 aromatic carbocycles. The minimum absolute atomic E-state index is 0.177. The van der Waals surface area contributed by atoms with E-state index in [-0.39, 0.29) is 11.6 Å². The maximum absolute atomic E-state index is 12.8. The van der Waals surface area contributed by atoms with Gasteiger partial charge in [0.15, 0.2) is 5.78 Å². The summed E-state index contributed by atoms with van der Waals surface area (Å²) in [4.78, 5) is 25.6. The molecule has 1 aromatic rings. The average molecular weight is 272 g/mol. The number of hydrogen-bond acceptors (Lipinski definition) is 2. The summed E-state index contributed by atoms with van der Waals surface area (Å²) in [6.07, 6.45) is 7.26. The Bertz CT molecular complexity index is 943. The molecule has 1 unspecified atom stereocenters. The predicted molar refractivity (Wildman–Crippen MR) is 73.8 cm³/mol.